The molecule has 2 aromatic rings. The number of nitrogens with zero attached hydrogens (tertiary/aromatic N) is 4. The lowest BCUT2D eigenvalue weighted by Crippen LogP contribution is -2.56. The zero-order chi connectivity index (χ0) is 35.8. The second-order valence-electron chi connectivity index (χ2n) is 13.8. The van der Waals surface area contributed by atoms with Gasteiger partial charge in [0, 0.05) is 51.7 Å². The highest BCUT2D eigenvalue weighted by Gasteiger charge is 2.37. The SMILES string of the molecule is CC(=O)N(Cc1ccccc1)C1CCN(C(=O)C[C@H](NC(=O)Nc2ccc(C)cc2C(F)(F)F)C(=O)N2CCC(N3CCCCC3)CC2)CC1. The van der Waals surface area contributed by atoms with Crippen LogP contribution in [-0.4, -0.2) is 101 Å². The van der Waals surface area contributed by atoms with E-state index < -0.39 is 35.4 Å². The number of amides is 5. The van der Waals surface area contributed by atoms with E-state index in [2.05, 4.69) is 15.5 Å². The number of anilines is 1. The van der Waals surface area contributed by atoms with Crippen molar-refractivity contribution in [3.8, 4) is 0 Å². The van der Waals surface area contributed by atoms with Crippen molar-refractivity contribution in [2.75, 3.05) is 44.6 Å². The quantitative estimate of drug-likeness (QED) is 0.365. The number of aryl methyl sites for hydroxylation is 1. The fourth-order valence-electron chi connectivity index (χ4n) is 7.48. The van der Waals surface area contributed by atoms with Gasteiger partial charge in [-0.1, -0.05) is 48.4 Å². The Bertz CT molecular complexity index is 1480. The molecule has 3 aliphatic heterocycles. The molecule has 5 amide bonds. The number of hydrogen-bond donors (Lipinski definition) is 2. The molecule has 2 aromatic carbocycles. The van der Waals surface area contributed by atoms with Gasteiger partial charge in [0.05, 0.1) is 17.7 Å². The van der Waals surface area contributed by atoms with Crippen molar-refractivity contribution in [2.45, 2.75) is 96.1 Å². The summed E-state index contributed by atoms with van der Waals surface area (Å²) in [5, 5.41) is 4.82. The lowest BCUT2D eigenvalue weighted by molar-refractivity contribution is -0.141. The Morgan fingerprint density at radius 2 is 1.50 bits per heavy atom. The zero-order valence-electron chi connectivity index (χ0n) is 29.0. The first-order valence-electron chi connectivity index (χ1n) is 17.8. The number of halogens is 3. The molecule has 3 fully saturated rings. The van der Waals surface area contributed by atoms with E-state index in [4.69, 9.17) is 0 Å². The summed E-state index contributed by atoms with van der Waals surface area (Å²) in [5.41, 5.74) is -0.0424. The molecular weight excluding hydrogens is 649 g/mol. The summed E-state index contributed by atoms with van der Waals surface area (Å²) in [4.78, 5) is 60.9. The van der Waals surface area contributed by atoms with E-state index in [0.29, 0.717) is 57.2 Å². The summed E-state index contributed by atoms with van der Waals surface area (Å²) < 4.78 is 41.3. The summed E-state index contributed by atoms with van der Waals surface area (Å²) >= 11 is 0. The molecule has 13 heteroatoms. The number of urea groups is 1. The van der Waals surface area contributed by atoms with Crippen molar-refractivity contribution in [2.24, 2.45) is 0 Å². The first-order chi connectivity index (χ1) is 23.9. The van der Waals surface area contributed by atoms with Crippen LogP contribution in [0.25, 0.3) is 0 Å². The van der Waals surface area contributed by atoms with Gasteiger partial charge in [-0.3, -0.25) is 14.4 Å². The third kappa shape index (κ3) is 9.76. The number of piperidine rings is 3. The average Bonchev–Trinajstić information content (AvgIpc) is 3.11. The molecule has 0 bridgehead atoms. The van der Waals surface area contributed by atoms with Gasteiger partial charge < -0.3 is 30.2 Å². The predicted molar refractivity (Wildman–Crippen MR) is 184 cm³/mol. The van der Waals surface area contributed by atoms with Crippen molar-refractivity contribution >= 4 is 29.4 Å². The number of likely N-dealkylation sites (tertiary alicyclic amines) is 3. The Morgan fingerprint density at radius 3 is 2.12 bits per heavy atom. The second kappa shape index (κ2) is 16.7. The highest BCUT2D eigenvalue weighted by molar-refractivity contribution is 5.96. The van der Waals surface area contributed by atoms with E-state index in [1.54, 1.807) is 9.80 Å². The van der Waals surface area contributed by atoms with Gasteiger partial charge >= 0.3 is 12.2 Å². The predicted octanol–water partition coefficient (Wildman–Crippen LogP) is 5.41. The van der Waals surface area contributed by atoms with E-state index in [0.717, 1.165) is 50.4 Å². The number of nitrogens with one attached hydrogen (secondary N) is 2. The van der Waals surface area contributed by atoms with Crippen molar-refractivity contribution < 1.29 is 32.3 Å². The largest absolute Gasteiger partial charge is 0.418 e. The van der Waals surface area contributed by atoms with Crippen molar-refractivity contribution in [3.05, 3.63) is 65.2 Å². The first kappa shape index (κ1) is 37.1. The molecule has 0 aromatic heterocycles. The van der Waals surface area contributed by atoms with Crippen LogP contribution < -0.4 is 10.6 Å². The van der Waals surface area contributed by atoms with Gasteiger partial charge in [-0.25, -0.2) is 4.79 Å². The van der Waals surface area contributed by atoms with Gasteiger partial charge in [-0.2, -0.15) is 13.2 Å². The Balaban J connectivity index is 1.25. The number of benzene rings is 2. The molecule has 0 radical (unpaired) electrons. The van der Waals surface area contributed by atoms with Gasteiger partial charge in [0.1, 0.15) is 6.04 Å². The lowest BCUT2D eigenvalue weighted by atomic mass is 9.98. The van der Waals surface area contributed by atoms with Gasteiger partial charge in [0.15, 0.2) is 0 Å². The number of rotatable bonds is 9. The molecule has 50 heavy (non-hydrogen) atoms. The maximum Gasteiger partial charge on any atom is 0.418 e. The van der Waals surface area contributed by atoms with E-state index in [1.165, 1.54) is 32.4 Å². The molecule has 0 unspecified atom stereocenters. The molecule has 3 heterocycles. The Hall–Kier alpha value is -4.13. The zero-order valence-corrected chi connectivity index (χ0v) is 29.0. The maximum absolute atomic E-state index is 13.9. The van der Waals surface area contributed by atoms with Crippen LogP contribution in [0.15, 0.2) is 48.5 Å². The second-order valence-corrected chi connectivity index (χ2v) is 13.8. The van der Waals surface area contributed by atoms with Gasteiger partial charge in [0.25, 0.3) is 0 Å². The number of carbonyl (C=O) groups is 4. The van der Waals surface area contributed by atoms with Gasteiger partial charge in [-0.05, 0) is 76.2 Å². The molecule has 10 nitrogen and oxygen atoms in total. The third-order valence-electron chi connectivity index (χ3n) is 10.3. The van der Waals surface area contributed by atoms with Crippen molar-refractivity contribution in [1.29, 1.82) is 0 Å². The monoisotopic (exact) mass is 698 g/mol. The third-order valence-corrected chi connectivity index (χ3v) is 10.3. The summed E-state index contributed by atoms with van der Waals surface area (Å²) in [6.07, 6.45) is 1.19. The molecule has 0 saturated carbocycles. The van der Waals surface area contributed by atoms with Crippen molar-refractivity contribution in [1.82, 2.24) is 24.9 Å². The molecule has 5 rings (SSSR count). The average molecular weight is 699 g/mol. The van der Waals surface area contributed by atoms with Crippen LogP contribution in [0.4, 0.5) is 23.7 Å². The highest BCUT2D eigenvalue weighted by atomic mass is 19.4. The summed E-state index contributed by atoms with van der Waals surface area (Å²) in [6, 6.07) is 11.3. The topological polar surface area (TPSA) is 105 Å². The molecule has 3 saturated heterocycles. The van der Waals surface area contributed by atoms with Crippen LogP contribution in [0.5, 0.6) is 0 Å². The minimum Gasteiger partial charge on any atom is -0.342 e. The Morgan fingerprint density at radius 1 is 0.860 bits per heavy atom. The normalized spacial score (nSPS) is 18.7. The van der Waals surface area contributed by atoms with E-state index in [-0.39, 0.29) is 24.3 Å². The highest BCUT2D eigenvalue weighted by Crippen LogP contribution is 2.35. The standard InChI is InChI=1S/C37H49F3N6O4/c1-26-11-12-32(31(23-26)37(38,39)40)41-36(50)42-33(35(49)45-21-13-29(14-22-45)43-17-7-4-8-18-43)24-34(48)44-19-15-30(16-20-44)46(27(2)47)25-28-9-5-3-6-10-28/h3,5-6,9-12,23,29-30,33H,4,7-8,13-22,24-25H2,1-2H3,(H2,41,42,50)/t33-/m0/s1. The van der Waals surface area contributed by atoms with Crippen LogP contribution >= 0.6 is 0 Å². The minimum atomic E-state index is -4.70. The molecular formula is C37H49F3N6O4. The van der Waals surface area contributed by atoms with Crippen LogP contribution in [0.1, 0.15) is 75.0 Å². The van der Waals surface area contributed by atoms with Crippen LogP contribution in [0.3, 0.4) is 0 Å². The number of hydrogen-bond acceptors (Lipinski definition) is 5. The number of alkyl halides is 3. The van der Waals surface area contributed by atoms with Gasteiger partial charge in [-0.15, -0.1) is 0 Å². The Labute approximate surface area is 292 Å². The summed E-state index contributed by atoms with van der Waals surface area (Å²) in [7, 11) is 0. The van der Waals surface area contributed by atoms with E-state index in [1.807, 2.05) is 35.2 Å². The molecule has 1 atom stereocenters. The Kier molecular flexibility index (Phi) is 12.4. The smallest absolute Gasteiger partial charge is 0.342 e. The fraction of sp³-hybridized carbons (Fsp3) is 0.568. The van der Waals surface area contributed by atoms with E-state index >= 15 is 0 Å². The van der Waals surface area contributed by atoms with Gasteiger partial charge in [0.2, 0.25) is 17.7 Å². The summed E-state index contributed by atoms with van der Waals surface area (Å²) in [6.45, 7) is 7.30. The molecule has 0 aliphatic carbocycles. The van der Waals surface area contributed by atoms with Crippen LogP contribution in [0.2, 0.25) is 0 Å². The summed E-state index contributed by atoms with van der Waals surface area (Å²) in [5.74, 6) is -0.814. The molecule has 0 spiro atoms. The fourth-order valence-corrected chi connectivity index (χ4v) is 7.48. The number of carbonyl (C=O) groups excluding carboxylic acids is 4. The lowest BCUT2D eigenvalue weighted by Gasteiger charge is -2.41. The molecule has 3 aliphatic rings. The van der Waals surface area contributed by atoms with E-state index in [9.17, 15) is 32.3 Å². The molecule has 272 valence electrons. The van der Waals surface area contributed by atoms with Crippen LogP contribution in [0, 0.1) is 6.92 Å². The maximum atomic E-state index is 13.9. The van der Waals surface area contributed by atoms with Crippen LogP contribution in [-0.2, 0) is 27.1 Å². The minimum absolute atomic E-state index is 0.0502. The molecule has 2 N–H and O–H groups in total. The first-order valence-corrected chi connectivity index (χ1v) is 17.8. The van der Waals surface area contributed by atoms with Crippen molar-refractivity contribution in [3.63, 3.8) is 0 Å².